The highest BCUT2D eigenvalue weighted by Gasteiger charge is 2.29. The highest BCUT2D eigenvalue weighted by molar-refractivity contribution is 6.03. The van der Waals surface area contributed by atoms with Gasteiger partial charge < -0.3 is 15.0 Å². The van der Waals surface area contributed by atoms with Crippen molar-refractivity contribution >= 4 is 11.5 Å². The zero-order chi connectivity index (χ0) is 20.6. The molecule has 0 saturated heterocycles. The van der Waals surface area contributed by atoms with Crippen LogP contribution >= 0.6 is 0 Å². The van der Waals surface area contributed by atoms with E-state index >= 15 is 0 Å². The molecule has 1 unspecified atom stereocenters. The number of ether oxygens (including phenoxy) is 1. The Hall–Kier alpha value is -3.10. The Morgan fingerprint density at radius 2 is 2.21 bits per heavy atom. The van der Waals surface area contributed by atoms with Crippen molar-refractivity contribution < 1.29 is 9.53 Å². The van der Waals surface area contributed by atoms with Crippen LogP contribution in [0.25, 0.3) is 0 Å². The van der Waals surface area contributed by atoms with Crippen LogP contribution in [-0.4, -0.2) is 44.0 Å². The Bertz CT molecular complexity index is 917. The number of nitrogens with zero attached hydrogens (tertiary/aromatic N) is 2. The third kappa shape index (κ3) is 5.24. The lowest BCUT2D eigenvalue weighted by molar-refractivity contribution is 0.0966. The largest absolute Gasteiger partial charge is 0.494 e. The topological polar surface area (TPSA) is 65.4 Å². The summed E-state index contributed by atoms with van der Waals surface area (Å²) in [6.07, 6.45) is 3.94. The summed E-state index contributed by atoms with van der Waals surface area (Å²) < 4.78 is 5.92. The van der Waals surface area contributed by atoms with Gasteiger partial charge in [-0.15, -0.1) is 6.58 Å². The van der Waals surface area contributed by atoms with Crippen LogP contribution in [0.2, 0.25) is 0 Å². The first-order valence-electron chi connectivity index (χ1n) is 9.97. The van der Waals surface area contributed by atoms with Crippen molar-refractivity contribution in [2.24, 2.45) is 0 Å². The summed E-state index contributed by atoms with van der Waals surface area (Å²) in [6, 6.07) is 14.9. The van der Waals surface area contributed by atoms with E-state index < -0.39 is 0 Å². The first-order valence-corrected chi connectivity index (χ1v) is 9.97. The fourth-order valence-corrected chi connectivity index (χ4v) is 3.56. The van der Waals surface area contributed by atoms with Crippen LogP contribution in [0.4, 0.5) is 5.69 Å². The van der Waals surface area contributed by atoms with E-state index in [-0.39, 0.29) is 11.7 Å². The average molecular weight is 389 g/mol. The number of carbonyl (C=O) groups excluding carboxylic acids is 1. The number of nitrogens with one attached hydrogen (secondary N) is 1. The monoisotopic (exact) mass is 389 g/mol. The molecule has 5 heteroatoms. The lowest BCUT2D eigenvalue weighted by Crippen LogP contribution is -2.19. The predicted molar refractivity (Wildman–Crippen MR) is 116 cm³/mol. The molecular formula is C24H27N3O2. The van der Waals surface area contributed by atoms with E-state index in [9.17, 15) is 4.79 Å². The number of carbonyl (C=O) groups is 1. The van der Waals surface area contributed by atoms with Gasteiger partial charge in [0.25, 0.3) is 0 Å². The Kier molecular flexibility index (Phi) is 7.04. The summed E-state index contributed by atoms with van der Waals surface area (Å²) in [6.45, 7) is 6.87. The standard InChI is InChI=1S/C24H27N3O2/c1-3-11-27(2)12-4-5-13-29-20-9-10-23-21(15-20)22(17-26-23)24(28)19-8-6-7-18(14-19)16-25/h3,6-10,14-15,22,26H,1,4-5,11-13,17H2,2H3. The van der Waals surface area contributed by atoms with E-state index in [1.54, 1.807) is 24.3 Å². The van der Waals surface area contributed by atoms with Crippen LogP contribution in [0, 0.1) is 11.3 Å². The van der Waals surface area contributed by atoms with E-state index in [1.807, 2.05) is 24.3 Å². The number of ketones is 1. The van der Waals surface area contributed by atoms with Crippen molar-refractivity contribution in [1.82, 2.24) is 4.90 Å². The molecular weight excluding hydrogens is 362 g/mol. The van der Waals surface area contributed by atoms with Gasteiger partial charge in [-0.05, 0) is 62.3 Å². The average Bonchev–Trinajstić information content (AvgIpc) is 3.16. The second-order valence-corrected chi connectivity index (χ2v) is 7.35. The van der Waals surface area contributed by atoms with Gasteiger partial charge in [0.05, 0.1) is 24.2 Å². The summed E-state index contributed by atoms with van der Waals surface area (Å²) in [5.41, 5.74) is 3.00. The lowest BCUT2D eigenvalue weighted by Gasteiger charge is -2.14. The molecule has 29 heavy (non-hydrogen) atoms. The molecule has 0 bridgehead atoms. The Morgan fingerprint density at radius 3 is 3.00 bits per heavy atom. The van der Waals surface area contributed by atoms with Crippen molar-refractivity contribution in [3.8, 4) is 11.8 Å². The number of hydrogen-bond donors (Lipinski definition) is 1. The quantitative estimate of drug-likeness (QED) is 0.374. The van der Waals surface area contributed by atoms with Crippen molar-refractivity contribution in [1.29, 1.82) is 5.26 Å². The highest BCUT2D eigenvalue weighted by Crippen LogP contribution is 2.36. The van der Waals surface area contributed by atoms with E-state index in [0.29, 0.717) is 24.3 Å². The number of Topliss-reactive ketones (excluding diaryl/α,β-unsaturated/α-hetero) is 1. The molecule has 0 fully saturated rings. The maximum atomic E-state index is 13.0. The Labute approximate surface area is 172 Å². The fraction of sp³-hybridized carbons (Fsp3) is 0.333. The molecule has 1 atom stereocenters. The summed E-state index contributed by atoms with van der Waals surface area (Å²) in [4.78, 5) is 15.2. The van der Waals surface area contributed by atoms with Crippen LogP contribution in [0.15, 0.2) is 55.1 Å². The molecule has 1 aliphatic heterocycles. The SMILES string of the molecule is C=CCN(C)CCCCOc1ccc2c(c1)C(C(=O)c1cccc(C#N)c1)CN2. The zero-order valence-corrected chi connectivity index (χ0v) is 16.9. The fourth-order valence-electron chi connectivity index (χ4n) is 3.56. The predicted octanol–water partition coefficient (Wildman–Crippen LogP) is 4.23. The first-order chi connectivity index (χ1) is 14.1. The smallest absolute Gasteiger partial charge is 0.172 e. The van der Waals surface area contributed by atoms with E-state index in [0.717, 1.165) is 42.9 Å². The van der Waals surface area contributed by atoms with Crippen LogP contribution in [0.3, 0.4) is 0 Å². The van der Waals surface area contributed by atoms with Crippen molar-refractivity contribution in [2.45, 2.75) is 18.8 Å². The molecule has 1 aliphatic rings. The molecule has 0 radical (unpaired) electrons. The number of fused-ring (bicyclic) bond motifs is 1. The van der Waals surface area contributed by atoms with Crippen molar-refractivity contribution in [2.75, 3.05) is 38.6 Å². The number of nitriles is 1. The number of benzene rings is 2. The Balaban J connectivity index is 1.60. The molecule has 0 aromatic heterocycles. The van der Waals surface area contributed by atoms with E-state index in [4.69, 9.17) is 10.00 Å². The van der Waals surface area contributed by atoms with Gasteiger partial charge in [0.1, 0.15) is 5.75 Å². The molecule has 0 aliphatic carbocycles. The first kappa shape index (κ1) is 20.6. The lowest BCUT2D eigenvalue weighted by atomic mass is 9.91. The number of anilines is 1. The summed E-state index contributed by atoms with van der Waals surface area (Å²) in [5.74, 6) is 0.543. The molecule has 2 aromatic carbocycles. The van der Waals surface area contributed by atoms with Gasteiger partial charge in [-0.1, -0.05) is 18.2 Å². The second-order valence-electron chi connectivity index (χ2n) is 7.35. The molecule has 2 aromatic rings. The summed E-state index contributed by atoms with van der Waals surface area (Å²) in [7, 11) is 2.08. The van der Waals surface area contributed by atoms with Gasteiger partial charge in [0, 0.05) is 24.3 Å². The third-order valence-corrected chi connectivity index (χ3v) is 5.13. The van der Waals surface area contributed by atoms with Gasteiger partial charge in [0.2, 0.25) is 0 Å². The van der Waals surface area contributed by atoms with Crippen LogP contribution in [0.1, 0.15) is 40.2 Å². The minimum Gasteiger partial charge on any atom is -0.494 e. The zero-order valence-electron chi connectivity index (χ0n) is 16.9. The number of likely N-dealkylation sites (N-methyl/N-ethyl adjacent to an activating group) is 1. The van der Waals surface area contributed by atoms with Crippen molar-refractivity contribution in [3.63, 3.8) is 0 Å². The van der Waals surface area contributed by atoms with E-state index in [1.165, 1.54) is 0 Å². The summed E-state index contributed by atoms with van der Waals surface area (Å²) >= 11 is 0. The molecule has 3 rings (SSSR count). The van der Waals surface area contributed by atoms with Crippen molar-refractivity contribution in [3.05, 3.63) is 71.8 Å². The van der Waals surface area contributed by atoms with Gasteiger partial charge in [-0.25, -0.2) is 0 Å². The van der Waals surface area contributed by atoms with Crippen LogP contribution < -0.4 is 10.1 Å². The van der Waals surface area contributed by atoms with Crippen LogP contribution in [-0.2, 0) is 0 Å². The minimum atomic E-state index is -0.268. The third-order valence-electron chi connectivity index (χ3n) is 5.13. The van der Waals surface area contributed by atoms with Gasteiger partial charge in [-0.2, -0.15) is 5.26 Å². The number of unbranched alkanes of at least 4 members (excludes halogenated alkanes) is 1. The molecule has 0 spiro atoms. The number of rotatable bonds is 10. The highest BCUT2D eigenvalue weighted by atomic mass is 16.5. The molecule has 0 saturated carbocycles. The summed E-state index contributed by atoms with van der Waals surface area (Å²) in [5, 5.41) is 12.4. The normalized spacial score (nSPS) is 14.7. The molecule has 5 nitrogen and oxygen atoms in total. The van der Waals surface area contributed by atoms with E-state index in [2.05, 4.69) is 29.9 Å². The van der Waals surface area contributed by atoms with Gasteiger partial charge >= 0.3 is 0 Å². The van der Waals surface area contributed by atoms with Crippen LogP contribution in [0.5, 0.6) is 5.75 Å². The molecule has 1 N–H and O–H groups in total. The molecule has 0 amide bonds. The minimum absolute atomic E-state index is 0.0238. The second kappa shape index (κ2) is 9.90. The maximum Gasteiger partial charge on any atom is 0.172 e. The van der Waals surface area contributed by atoms with Gasteiger partial charge in [-0.3, -0.25) is 4.79 Å². The molecule has 1 heterocycles. The van der Waals surface area contributed by atoms with Gasteiger partial charge in [0.15, 0.2) is 5.78 Å². The maximum absolute atomic E-state index is 13.0. The molecule has 150 valence electrons. The Morgan fingerprint density at radius 1 is 1.34 bits per heavy atom. The number of hydrogen-bond acceptors (Lipinski definition) is 5.